The smallest absolute Gasteiger partial charge is 0.129 e. The van der Waals surface area contributed by atoms with Crippen LogP contribution >= 0.6 is 11.6 Å². The van der Waals surface area contributed by atoms with Crippen molar-refractivity contribution in [2.24, 2.45) is 0 Å². The summed E-state index contributed by atoms with van der Waals surface area (Å²) >= 11 is 5.70. The molecule has 0 aliphatic heterocycles. The van der Waals surface area contributed by atoms with Crippen molar-refractivity contribution in [1.82, 2.24) is 4.98 Å². The van der Waals surface area contributed by atoms with Gasteiger partial charge in [-0.3, -0.25) is 0 Å². The van der Waals surface area contributed by atoms with Gasteiger partial charge in [0.2, 0.25) is 0 Å². The van der Waals surface area contributed by atoms with Crippen LogP contribution in [0.4, 0.5) is 0 Å². The number of nitrogens with zero attached hydrogens (tertiary/aromatic N) is 1. The molecule has 1 N–H and O–H groups in total. The number of hydrogen-bond acceptors (Lipinski definition) is 4. The Morgan fingerprint density at radius 3 is 2.26 bits per heavy atom. The van der Waals surface area contributed by atoms with Gasteiger partial charge in [-0.2, -0.15) is 0 Å². The number of hydrogen-bond donors (Lipinski definition) is 1. The molecular formula is C14H14ClNO3. The van der Waals surface area contributed by atoms with Gasteiger partial charge in [0.05, 0.1) is 6.61 Å². The minimum absolute atomic E-state index is 0.00180. The number of aromatic nitrogens is 1. The Morgan fingerprint density at radius 1 is 1.00 bits per heavy atom. The van der Waals surface area contributed by atoms with E-state index in [-0.39, 0.29) is 13.2 Å². The SMILES string of the molecule is OCCOc1ccc(OCc2ccc(Cl)nc2)cc1. The molecular weight excluding hydrogens is 266 g/mol. The molecule has 1 heterocycles. The maximum absolute atomic E-state index is 8.65. The van der Waals surface area contributed by atoms with Crippen molar-refractivity contribution >= 4 is 11.6 Å². The molecule has 0 atom stereocenters. The summed E-state index contributed by atoms with van der Waals surface area (Å²) in [7, 11) is 0. The third-order valence-electron chi connectivity index (χ3n) is 2.38. The molecule has 5 heteroatoms. The Kier molecular flexibility index (Phi) is 5.01. The summed E-state index contributed by atoms with van der Waals surface area (Å²) in [5, 5.41) is 9.11. The van der Waals surface area contributed by atoms with Gasteiger partial charge in [0.15, 0.2) is 0 Å². The fourth-order valence-electron chi connectivity index (χ4n) is 1.45. The lowest BCUT2D eigenvalue weighted by Gasteiger charge is -2.08. The average Bonchev–Trinajstić information content (AvgIpc) is 2.46. The van der Waals surface area contributed by atoms with Crippen LogP contribution in [0.15, 0.2) is 42.6 Å². The molecule has 0 radical (unpaired) electrons. The first-order valence-corrected chi connectivity index (χ1v) is 6.22. The zero-order valence-electron chi connectivity index (χ0n) is 10.3. The molecule has 2 rings (SSSR count). The van der Waals surface area contributed by atoms with Gasteiger partial charge in [0, 0.05) is 11.8 Å². The summed E-state index contributed by atoms with van der Waals surface area (Å²) in [5.74, 6) is 1.45. The van der Waals surface area contributed by atoms with Gasteiger partial charge in [-0.25, -0.2) is 4.98 Å². The van der Waals surface area contributed by atoms with Gasteiger partial charge in [0.1, 0.15) is 29.9 Å². The van der Waals surface area contributed by atoms with E-state index < -0.39 is 0 Å². The van der Waals surface area contributed by atoms with Crippen molar-refractivity contribution in [3.63, 3.8) is 0 Å². The molecule has 0 spiro atoms. The number of aliphatic hydroxyl groups is 1. The average molecular weight is 280 g/mol. The third kappa shape index (κ3) is 4.43. The predicted molar refractivity (Wildman–Crippen MR) is 72.6 cm³/mol. The summed E-state index contributed by atoms with van der Waals surface area (Å²) in [6.07, 6.45) is 1.68. The Bertz CT molecular complexity index is 499. The largest absolute Gasteiger partial charge is 0.491 e. The van der Waals surface area contributed by atoms with Gasteiger partial charge in [-0.05, 0) is 30.3 Å². The van der Waals surface area contributed by atoms with Crippen molar-refractivity contribution in [2.45, 2.75) is 6.61 Å². The van der Waals surface area contributed by atoms with Crippen LogP contribution in [0.1, 0.15) is 5.56 Å². The zero-order valence-corrected chi connectivity index (χ0v) is 11.0. The Labute approximate surface area is 116 Å². The van der Waals surface area contributed by atoms with E-state index >= 15 is 0 Å². The van der Waals surface area contributed by atoms with Crippen LogP contribution in [0.25, 0.3) is 0 Å². The molecule has 4 nitrogen and oxygen atoms in total. The van der Waals surface area contributed by atoms with Crippen molar-refractivity contribution < 1.29 is 14.6 Å². The fraction of sp³-hybridized carbons (Fsp3) is 0.214. The van der Waals surface area contributed by atoms with E-state index in [9.17, 15) is 0 Å². The Hall–Kier alpha value is -1.78. The number of rotatable bonds is 6. The molecule has 1 aromatic carbocycles. The summed E-state index contributed by atoms with van der Waals surface area (Å²) < 4.78 is 10.9. The molecule has 0 aliphatic carbocycles. The van der Waals surface area contributed by atoms with Gasteiger partial charge in [-0.15, -0.1) is 0 Å². The molecule has 2 aromatic rings. The van der Waals surface area contributed by atoms with Crippen molar-refractivity contribution in [3.05, 3.63) is 53.3 Å². The van der Waals surface area contributed by atoms with Gasteiger partial charge < -0.3 is 14.6 Å². The minimum Gasteiger partial charge on any atom is -0.491 e. The first kappa shape index (κ1) is 13.6. The number of benzene rings is 1. The third-order valence-corrected chi connectivity index (χ3v) is 2.60. The molecule has 0 aliphatic rings. The minimum atomic E-state index is 0.00180. The van der Waals surface area contributed by atoms with Crippen molar-refractivity contribution in [1.29, 1.82) is 0 Å². The number of aliphatic hydroxyl groups excluding tert-OH is 1. The molecule has 0 bridgehead atoms. The first-order chi connectivity index (χ1) is 9.28. The molecule has 0 saturated heterocycles. The van der Waals surface area contributed by atoms with Crippen LogP contribution in [0.3, 0.4) is 0 Å². The highest BCUT2D eigenvalue weighted by atomic mass is 35.5. The van der Waals surface area contributed by atoms with Crippen molar-refractivity contribution in [3.8, 4) is 11.5 Å². The molecule has 100 valence electrons. The molecule has 0 fully saturated rings. The van der Waals surface area contributed by atoms with Crippen LogP contribution in [-0.2, 0) is 6.61 Å². The normalized spacial score (nSPS) is 10.2. The lowest BCUT2D eigenvalue weighted by molar-refractivity contribution is 0.201. The highest BCUT2D eigenvalue weighted by Gasteiger charge is 1.98. The lowest BCUT2D eigenvalue weighted by Crippen LogP contribution is -2.01. The number of pyridine rings is 1. The van der Waals surface area contributed by atoms with E-state index in [1.54, 1.807) is 24.4 Å². The van der Waals surface area contributed by atoms with E-state index in [1.807, 2.05) is 18.2 Å². The Morgan fingerprint density at radius 2 is 1.68 bits per heavy atom. The lowest BCUT2D eigenvalue weighted by atomic mass is 10.3. The second kappa shape index (κ2) is 6.97. The second-order valence-corrected chi connectivity index (χ2v) is 4.21. The molecule has 0 saturated carbocycles. The summed E-state index contributed by atoms with van der Waals surface area (Å²) in [5.41, 5.74) is 0.949. The quantitative estimate of drug-likeness (QED) is 0.826. The van der Waals surface area contributed by atoms with E-state index in [0.717, 1.165) is 11.3 Å². The number of ether oxygens (including phenoxy) is 2. The van der Waals surface area contributed by atoms with E-state index in [1.165, 1.54) is 0 Å². The highest BCUT2D eigenvalue weighted by Crippen LogP contribution is 2.18. The van der Waals surface area contributed by atoms with Crippen molar-refractivity contribution in [2.75, 3.05) is 13.2 Å². The molecule has 0 amide bonds. The monoisotopic (exact) mass is 279 g/mol. The van der Waals surface area contributed by atoms with E-state index in [0.29, 0.717) is 17.5 Å². The predicted octanol–water partition coefficient (Wildman–Crippen LogP) is 2.69. The topological polar surface area (TPSA) is 51.6 Å². The standard InChI is InChI=1S/C14H14ClNO3/c15-14-6-1-11(9-16-14)10-19-13-4-2-12(3-5-13)18-8-7-17/h1-6,9,17H,7-8,10H2. The summed E-state index contributed by atoms with van der Waals surface area (Å²) in [6, 6.07) is 10.8. The first-order valence-electron chi connectivity index (χ1n) is 5.85. The summed E-state index contributed by atoms with van der Waals surface area (Å²) in [6.45, 7) is 0.722. The Balaban J connectivity index is 1.87. The molecule has 19 heavy (non-hydrogen) atoms. The van der Waals surface area contributed by atoms with Crippen LogP contribution in [0.2, 0.25) is 5.15 Å². The van der Waals surface area contributed by atoms with Crippen LogP contribution in [0.5, 0.6) is 11.5 Å². The highest BCUT2D eigenvalue weighted by molar-refractivity contribution is 6.29. The van der Waals surface area contributed by atoms with Gasteiger partial charge in [0.25, 0.3) is 0 Å². The molecule has 1 aromatic heterocycles. The van der Waals surface area contributed by atoms with E-state index in [4.69, 9.17) is 26.2 Å². The van der Waals surface area contributed by atoms with Crippen LogP contribution in [0, 0.1) is 0 Å². The van der Waals surface area contributed by atoms with Gasteiger partial charge in [-0.1, -0.05) is 17.7 Å². The zero-order chi connectivity index (χ0) is 13.5. The second-order valence-electron chi connectivity index (χ2n) is 3.82. The molecule has 0 unspecified atom stereocenters. The summed E-state index contributed by atoms with van der Waals surface area (Å²) in [4.78, 5) is 3.98. The van der Waals surface area contributed by atoms with Crippen LogP contribution < -0.4 is 9.47 Å². The maximum Gasteiger partial charge on any atom is 0.129 e. The van der Waals surface area contributed by atoms with Gasteiger partial charge >= 0.3 is 0 Å². The van der Waals surface area contributed by atoms with E-state index in [2.05, 4.69) is 4.98 Å². The number of halogens is 1. The fourth-order valence-corrected chi connectivity index (χ4v) is 1.57. The maximum atomic E-state index is 8.65. The van der Waals surface area contributed by atoms with Crippen LogP contribution in [-0.4, -0.2) is 23.3 Å².